The summed E-state index contributed by atoms with van der Waals surface area (Å²) in [6, 6.07) is 5.49. The van der Waals surface area contributed by atoms with Gasteiger partial charge in [0.2, 0.25) is 5.91 Å². The number of piperidine rings is 1. The smallest absolute Gasteiger partial charge is 0.253 e. The largest absolute Gasteiger partial charge is 0.341 e. The summed E-state index contributed by atoms with van der Waals surface area (Å²) in [7, 11) is 1.83. The number of benzene rings is 1. The van der Waals surface area contributed by atoms with Crippen LogP contribution in [0, 0.1) is 0 Å². The molecule has 2 fully saturated rings. The monoisotopic (exact) mass is 419 g/mol. The fraction of sp³-hybridized carbons (Fsp3) is 0.556. The van der Waals surface area contributed by atoms with Crippen molar-refractivity contribution in [1.29, 1.82) is 0 Å². The number of nitrogens with one attached hydrogen (secondary N) is 2. The van der Waals surface area contributed by atoms with Gasteiger partial charge in [0.05, 0.1) is 15.6 Å². The highest BCUT2D eigenvalue weighted by Gasteiger charge is 2.37. The third-order valence-electron chi connectivity index (χ3n) is 5.26. The van der Waals surface area contributed by atoms with Crippen LogP contribution in [0.5, 0.6) is 0 Å². The van der Waals surface area contributed by atoms with E-state index in [2.05, 4.69) is 10.6 Å². The van der Waals surface area contributed by atoms with E-state index >= 15 is 0 Å². The summed E-state index contributed by atoms with van der Waals surface area (Å²) in [6.45, 7) is 1.70. The lowest BCUT2D eigenvalue weighted by Gasteiger charge is -2.36. The van der Waals surface area contributed by atoms with Crippen LogP contribution in [0.15, 0.2) is 18.2 Å². The molecule has 2 aliphatic rings. The van der Waals surface area contributed by atoms with Crippen molar-refractivity contribution < 1.29 is 9.59 Å². The lowest BCUT2D eigenvalue weighted by molar-refractivity contribution is -0.134. The molecule has 2 amide bonds. The van der Waals surface area contributed by atoms with Gasteiger partial charge < -0.3 is 15.5 Å². The van der Waals surface area contributed by atoms with Gasteiger partial charge in [0.25, 0.3) is 5.91 Å². The van der Waals surface area contributed by atoms with Crippen molar-refractivity contribution in [2.45, 2.75) is 56.8 Å². The molecule has 1 aromatic rings. The van der Waals surface area contributed by atoms with Crippen molar-refractivity contribution in [1.82, 2.24) is 15.5 Å². The molecule has 1 aromatic carbocycles. The molecule has 0 spiro atoms. The standard InChI is InChI=1S/C18H23Cl2N3O2.ClH/c1-10(21-17(24)14-4-3-5-15(19)16(14)20)18(25)23(2)13-8-11-6-7-12(9-13)22-11;/h3-5,10-13,22H,6-9H2,1-2H3,(H,21,24);1H. The first-order valence-electron chi connectivity index (χ1n) is 8.64. The summed E-state index contributed by atoms with van der Waals surface area (Å²) in [5.41, 5.74) is 0.274. The number of nitrogens with zero attached hydrogens (tertiary/aromatic N) is 1. The second kappa shape index (κ2) is 8.79. The normalized spacial score (nSPS) is 25.2. The first-order valence-corrected chi connectivity index (χ1v) is 9.40. The molecule has 3 unspecified atom stereocenters. The third-order valence-corrected chi connectivity index (χ3v) is 6.08. The van der Waals surface area contributed by atoms with Crippen LogP contribution in [0.1, 0.15) is 43.0 Å². The number of hydrogen-bond donors (Lipinski definition) is 2. The molecule has 2 bridgehead atoms. The number of carbonyl (C=O) groups excluding carboxylic acids is 2. The van der Waals surface area contributed by atoms with E-state index in [9.17, 15) is 9.59 Å². The van der Waals surface area contributed by atoms with Gasteiger partial charge in [0.1, 0.15) is 6.04 Å². The Morgan fingerprint density at radius 1 is 1.23 bits per heavy atom. The highest BCUT2D eigenvalue weighted by atomic mass is 35.5. The first kappa shape index (κ1) is 21.3. The molecule has 3 rings (SSSR count). The molecule has 2 N–H and O–H groups in total. The van der Waals surface area contributed by atoms with E-state index in [4.69, 9.17) is 23.2 Å². The second-order valence-electron chi connectivity index (χ2n) is 7.01. The molecule has 3 atom stereocenters. The van der Waals surface area contributed by atoms with Gasteiger partial charge in [0.15, 0.2) is 0 Å². The number of amides is 2. The van der Waals surface area contributed by atoms with E-state index < -0.39 is 11.9 Å². The topological polar surface area (TPSA) is 61.4 Å². The summed E-state index contributed by atoms with van der Waals surface area (Å²) < 4.78 is 0. The Balaban J connectivity index is 0.00000243. The van der Waals surface area contributed by atoms with E-state index in [1.165, 1.54) is 12.8 Å². The zero-order valence-electron chi connectivity index (χ0n) is 14.8. The number of rotatable bonds is 4. The minimum atomic E-state index is -0.625. The van der Waals surface area contributed by atoms with Crippen LogP contribution in [-0.4, -0.2) is 47.9 Å². The Kier molecular flexibility index (Phi) is 7.19. The van der Waals surface area contributed by atoms with Crippen LogP contribution < -0.4 is 10.6 Å². The van der Waals surface area contributed by atoms with Gasteiger partial charge in [-0.15, -0.1) is 12.4 Å². The Hall–Kier alpha value is -1.01. The van der Waals surface area contributed by atoms with Gasteiger partial charge in [-0.3, -0.25) is 9.59 Å². The van der Waals surface area contributed by atoms with Crippen LogP contribution in [0.4, 0.5) is 0 Å². The summed E-state index contributed by atoms with van der Waals surface area (Å²) in [5.74, 6) is -0.482. The van der Waals surface area contributed by atoms with Crippen LogP contribution in [-0.2, 0) is 4.79 Å². The van der Waals surface area contributed by atoms with Gasteiger partial charge in [-0.1, -0.05) is 29.3 Å². The van der Waals surface area contributed by atoms with Gasteiger partial charge in [-0.05, 0) is 44.7 Å². The second-order valence-corrected chi connectivity index (χ2v) is 7.79. The van der Waals surface area contributed by atoms with Crippen LogP contribution >= 0.6 is 35.6 Å². The molecule has 0 saturated carbocycles. The highest BCUT2D eigenvalue weighted by Crippen LogP contribution is 2.29. The zero-order chi connectivity index (χ0) is 18.1. The zero-order valence-corrected chi connectivity index (χ0v) is 17.1. The number of carbonyl (C=O) groups is 2. The van der Waals surface area contributed by atoms with Crippen molar-refractivity contribution in [3.05, 3.63) is 33.8 Å². The molecule has 5 nitrogen and oxygen atoms in total. The Labute approximate surface area is 170 Å². The average molecular weight is 421 g/mol. The quantitative estimate of drug-likeness (QED) is 0.786. The van der Waals surface area contributed by atoms with E-state index in [0.29, 0.717) is 17.1 Å². The van der Waals surface area contributed by atoms with Crippen molar-refractivity contribution in [2.24, 2.45) is 0 Å². The van der Waals surface area contributed by atoms with Crippen molar-refractivity contribution in [2.75, 3.05) is 7.05 Å². The van der Waals surface area contributed by atoms with Crippen molar-refractivity contribution in [3.63, 3.8) is 0 Å². The maximum Gasteiger partial charge on any atom is 0.253 e. The van der Waals surface area contributed by atoms with Gasteiger partial charge in [0, 0.05) is 25.2 Å². The summed E-state index contributed by atoms with van der Waals surface area (Å²) in [5, 5.41) is 6.82. The minimum absolute atomic E-state index is 0. The lowest BCUT2D eigenvalue weighted by Crippen LogP contribution is -2.53. The fourth-order valence-electron chi connectivity index (χ4n) is 3.84. The number of halogens is 3. The lowest BCUT2D eigenvalue weighted by atomic mass is 9.98. The summed E-state index contributed by atoms with van der Waals surface area (Å²) in [6.07, 6.45) is 4.31. The summed E-state index contributed by atoms with van der Waals surface area (Å²) >= 11 is 12.0. The SMILES string of the molecule is CC(NC(=O)c1cccc(Cl)c1Cl)C(=O)N(C)C1CC2CCC(C1)N2.Cl. The predicted molar refractivity (Wildman–Crippen MR) is 106 cm³/mol. The van der Waals surface area contributed by atoms with Crippen LogP contribution in [0.3, 0.4) is 0 Å². The molecule has 2 aliphatic heterocycles. The molecular weight excluding hydrogens is 397 g/mol. The highest BCUT2D eigenvalue weighted by molar-refractivity contribution is 6.43. The molecule has 8 heteroatoms. The average Bonchev–Trinajstić information content (AvgIpc) is 2.93. The number of hydrogen-bond acceptors (Lipinski definition) is 3. The summed E-state index contributed by atoms with van der Waals surface area (Å²) in [4.78, 5) is 26.9. The van der Waals surface area contributed by atoms with E-state index in [0.717, 1.165) is 12.8 Å². The van der Waals surface area contributed by atoms with E-state index in [-0.39, 0.29) is 34.9 Å². The van der Waals surface area contributed by atoms with Crippen molar-refractivity contribution >= 4 is 47.4 Å². The predicted octanol–water partition coefficient (Wildman–Crippen LogP) is 3.27. The molecular formula is C18H24Cl3N3O2. The first-order chi connectivity index (χ1) is 11.9. The third kappa shape index (κ3) is 4.45. The van der Waals surface area contributed by atoms with Gasteiger partial charge in [-0.2, -0.15) is 0 Å². The molecule has 2 heterocycles. The number of fused-ring (bicyclic) bond motifs is 2. The Morgan fingerprint density at radius 3 is 2.46 bits per heavy atom. The van der Waals surface area contributed by atoms with Crippen LogP contribution in [0.2, 0.25) is 10.0 Å². The molecule has 26 heavy (non-hydrogen) atoms. The molecule has 0 aliphatic carbocycles. The van der Waals surface area contributed by atoms with E-state index in [1.807, 2.05) is 7.05 Å². The molecule has 0 aromatic heterocycles. The molecule has 144 valence electrons. The molecule has 2 saturated heterocycles. The fourth-order valence-corrected chi connectivity index (χ4v) is 4.23. The maximum absolute atomic E-state index is 12.7. The van der Waals surface area contributed by atoms with Gasteiger partial charge >= 0.3 is 0 Å². The van der Waals surface area contributed by atoms with Crippen LogP contribution in [0.25, 0.3) is 0 Å². The minimum Gasteiger partial charge on any atom is -0.341 e. The number of likely N-dealkylation sites (N-methyl/N-ethyl adjacent to an activating group) is 1. The maximum atomic E-state index is 12.7. The van der Waals surface area contributed by atoms with E-state index in [1.54, 1.807) is 30.0 Å². The van der Waals surface area contributed by atoms with Crippen molar-refractivity contribution in [3.8, 4) is 0 Å². The Bertz CT molecular complexity index is 674. The molecule has 0 radical (unpaired) electrons. The Morgan fingerprint density at radius 2 is 1.85 bits per heavy atom. The van der Waals surface area contributed by atoms with Gasteiger partial charge in [-0.25, -0.2) is 0 Å².